The molecule has 172 valence electrons. The number of hydrogen-bond acceptors (Lipinski definition) is 4. The molecule has 33 heavy (non-hydrogen) atoms. The van der Waals surface area contributed by atoms with Gasteiger partial charge in [0, 0.05) is 31.1 Å². The summed E-state index contributed by atoms with van der Waals surface area (Å²) in [4.78, 5) is 22.4. The van der Waals surface area contributed by atoms with Crippen LogP contribution < -0.4 is 4.74 Å². The van der Waals surface area contributed by atoms with Gasteiger partial charge in [0.05, 0.1) is 12.1 Å². The topological polar surface area (TPSA) is 45.7 Å². The fourth-order valence-corrected chi connectivity index (χ4v) is 5.24. The molecule has 2 atom stereocenters. The van der Waals surface area contributed by atoms with Gasteiger partial charge < -0.3 is 9.64 Å². The number of aromatic nitrogens is 1. The number of carbonyl (C=O) groups is 1. The largest absolute Gasteiger partial charge is 0.490 e. The van der Waals surface area contributed by atoms with Crippen molar-refractivity contribution >= 4 is 16.8 Å². The standard InChI is InChI=1S/C27H30FN3O2/c28-22-10-2-4-12-26(22)33-17-7-16-30-15-6-5-9-21-18-31(19-25(21)30)27(32)24-14-13-20-8-1-3-11-23(20)29-24/h1-4,8,10-14,21,25H,5-7,9,15-19H2/t21-,25+/m0/s1. The lowest BCUT2D eigenvalue weighted by atomic mass is 9.98. The third kappa shape index (κ3) is 4.86. The molecule has 1 amide bonds. The first kappa shape index (κ1) is 21.8. The molecule has 0 radical (unpaired) electrons. The van der Waals surface area contributed by atoms with Crippen LogP contribution in [-0.4, -0.2) is 59.5 Å². The van der Waals surface area contributed by atoms with Crippen LogP contribution in [0.5, 0.6) is 5.75 Å². The van der Waals surface area contributed by atoms with E-state index in [9.17, 15) is 9.18 Å². The molecule has 2 aliphatic heterocycles. The normalized spacial score (nSPS) is 21.1. The van der Waals surface area contributed by atoms with E-state index in [1.165, 1.54) is 18.9 Å². The van der Waals surface area contributed by atoms with Crippen LogP contribution in [0.1, 0.15) is 36.2 Å². The van der Waals surface area contributed by atoms with Crippen LogP contribution in [0.2, 0.25) is 0 Å². The van der Waals surface area contributed by atoms with E-state index < -0.39 is 0 Å². The lowest BCUT2D eigenvalue weighted by Gasteiger charge is -2.30. The molecular weight excluding hydrogens is 417 g/mol. The summed E-state index contributed by atoms with van der Waals surface area (Å²) in [5, 5.41) is 1.05. The molecule has 3 heterocycles. The second-order valence-electron chi connectivity index (χ2n) is 9.09. The summed E-state index contributed by atoms with van der Waals surface area (Å²) in [6.07, 6.45) is 4.36. The fraction of sp³-hybridized carbons (Fsp3) is 0.407. The van der Waals surface area contributed by atoms with E-state index in [0.29, 0.717) is 30.0 Å². The van der Waals surface area contributed by atoms with E-state index in [1.54, 1.807) is 18.2 Å². The van der Waals surface area contributed by atoms with Gasteiger partial charge in [-0.15, -0.1) is 0 Å². The second kappa shape index (κ2) is 9.87. The highest BCUT2D eigenvalue weighted by Gasteiger charge is 2.39. The fourth-order valence-electron chi connectivity index (χ4n) is 5.24. The number of amides is 1. The smallest absolute Gasteiger partial charge is 0.272 e. The molecular formula is C27H30FN3O2. The summed E-state index contributed by atoms with van der Waals surface area (Å²) in [5.74, 6) is 0.507. The van der Waals surface area contributed by atoms with Crippen molar-refractivity contribution in [3.05, 3.63) is 72.2 Å². The Balaban J connectivity index is 1.21. The molecule has 0 bridgehead atoms. The highest BCUT2D eigenvalue weighted by Crippen LogP contribution is 2.31. The van der Waals surface area contributed by atoms with Crippen molar-refractivity contribution in [1.29, 1.82) is 0 Å². The average molecular weight is 448 g/mol. The summed E-state index contributed by atoms with van der Waals surface area (Å²) in [6, 6.07) is 18.6. The SMILES string of the molecule is O=C(c1ccc2ccccc2n1)N1C[C@@H]2CCCCN(CCCOc3ccccc3F)[C@@H]2C1. The highest BCUT2D eigenvalue weighted by atomic mass is 19.1. The number of hydrogen-bond donors (Lipinski definition) is 0. The molecule has 1 aromatic heterocycles. The zero-order valence-corrected chi connectivity index (χ0v) is 18.8. The van der Waals surface area contributed by atoms with Gasteiger partial charge in [-0.25, -0.2) is 9.37 Å². The summed E-state index contributed by atoms with van der Waals surface area (Å²) >= 11 is 0. The third-order valence-electron chi connectivity index (χ3n) is 6.93. The minimum absolute atomic E-state index is 0.0247. The van der Waals surface area contributed by atoms with E-state index in [0.717, 1.165) is 49.9 Å². The molecule has 5 rings (SSSR count). The molecule has 0 unspecified atom stereocenters. The first-order chi connectivity index (χ1) is 16.2. The molecule has 2 fully saturated rings. The van der Waals surface area contributed by atoms with Gasteiger partial charge in [-0.3, -0.25) is 9.69 Å². The van der Waals surface area contributed by atoms with Crippen LogP contribution in [-0.2, 0) is 0 Å². The monoisotopic (exact) mass is 447 g/mol. The van der Waals surface area contributed by atoms with Crippen LogP contribution in [0.15, 0.2) is 60.7 Å². The van der Waals surface area contributed by atoms with Crippen LogP contribution >= 0.6 is 0 Å². The van der Waals surface area contributed by atoms with Gasteiger partial charge in [0.2, 0.25) is 0 Å². The zero-order valence-electron chi connectivity index (χ0n) is 18.8. The number of nitrogens with zero attached hydrogens (tertiary/aromatic N) is 3. The molecule has 0 aliphatic carbocycles. The lowest BCUT2D eigenvalue weighted by Crippen LogP contribution is -2.41. The zero-order chi connectivity index (χ0) is 22.6. The summed E-state index contributed by atoms with van der Waals surface area (Å²) in [5.41, 5.74) is 1.38. The van der Waals surface area contributed by atoms with Gasteiger partial charge in [-0.1, -0.05) is 42.8 Å². The van der Waals surface area contributed by atoms with Gasteiger partial charge in [0.15, 0.2) is 11.6 Å². The molecule has 6 heteroatoms. The summed E-state index contributed by atoms with van der Waals surface area (Å²) in [7, 11) is 0. The minimum Gasteiger partial charge on any atom is -0.490 e. The van der Waals surface area contributed by atoms with Gasteiger partial charge in [-0.05, 0) is 56.0 Å². The van der Waals surface area contributed by atoms with Gasteiger partial charge in [-0.2, -0.15) is 0 Å². The van der Waals surface area contributed by atoms with Crippen LogP contribution in [0.4, 0.5) is 4.39 Å². The molecule has 2 aliphatic rings. The Hall–Kier alpha value is -2.99. The van der Waals surface area contributed by atoms with Crippen molar-refractivity contribution in [3.63, 3.8) is 0 Å². The molecule has 0 spiro atoms. The maximum atomic E-state index is 13.8. The van der Waals surface area contributed by atoms with Gasteiger partial charge in [0.25, 0.3) is 5.91 Å². The Labute approximate surface area is 194 Å². The molecule has 0 saturated carbocycles. The number of likely N-dealkylation sites (tertiary alicyclic amines) is 2. The van der Waals surface area contributed by atoms with E-state index in [4.69, 9.17) is 4.74 Å². The van der Waals surface area contributed by atoms with Crippen LogP contribution in [0.3, 0.4) is 0 Å². The van der Waals surface area contributed by atoms with E-state index in [2.05, 4.69) is 9.88 Å². The van der Waals surface area contributed by atoms with Crippen molar-refractivity contribution in [2.75, 3.05) is 32.8 Å². The molecule has 3 aromatic rings. The van der Waals surface area contributed by atoms with Crippen molar-refractivity contribution in [2.45, 2.75) is 31.7 Å². The number of carbonyl (C=O) groups excluding carboxylic acids is 1. The third-order valence-corrected chi connectivity index (χ3v) is 6.93. The molecule has 0 N–H and O–H groups in total. The second-order valence-corrected chi connectivity index (χ2v) is 9.09. The van der Waals surface area contributed by atoms with Crippen LogP contribution in [0, 0.1) is 11.7 Å². The Morgan fingerprint density at radius 3 is 2.79 bits per heavy atom. The molecule has 2 saturated heterocycles. The predicted octanol–water partition coefficient (Wildman–Crippen LogP) is 4.77. The number of benzene rings is 2. The first-order valence-electron chi connectivity index (χ1n) is 12.0. The molecule has 2 aromatic carbocycles. The van der Waals surface area contributed by atoms with Crippen molar-refractivity contribution in [3.8, 4) is 5.75 Å². The van der Waals surface area contributed by atoms with Gasteiger partial charge >= 0.3 is 0 Å². The average Bonchev–Trinajstić information content (AvgIpc) is 3.18. The van der Waals surface area contributed by atoms with Crippen molar-refractivity contribution in [2.24, 2.45) is 5.92 Å². The number of rotatable bonds is 6. The number of para-hydroxylation sites is 2. The molecule has 5 nitrogen and oxygen atoms in total. The summed E-state index contributed by atoms with van der Waals surface area (Å²) < 4.78 is 19.4. The number of ether oxygens (including phenoxy) is 1. The number of fused-ring (bicyclic) bond motifs is 2. The minimum atomic E-state index is -0.320. The Morgan fingerprint density at radius 2 is 1.88 bits per heavy atom. The van der Waals surface area contributed by atoms with Gasteiger partial charge in [0.1, 0.15) is 5.69 Å². The van der Waals surface area contributed by atoms with Crippen molar-refractivity contribution < 1.29 is 13.9 Å². The predicted molar refractivity (Wildman–Crippen MR) is 127 cm³/mol. The van der Waals surface area contributed by atoms with Crippen LogP contribution in [0.25, 0.3) is 10.9 Å². The highest BCUT2D eigenvalue weighted by molar-refractivity contribution is 5.95. The maximum absolute atomic E-state index is 13.8. The van der Waals surface area contributed by atoms with E-state index >= 15 is 0 Å². The maximum Gasteiger partial charge on any atom is 0.272 e. The Morgan fingerprint density at radius 1 is 1.03 bits per heavy atom. The quantitative estimate of drug-likeness (QED) is 0.511. The summed E-state index contributed by atoms with van der Waals surface area (Å²) in [6.45, 7) is 3.95. The Kier molecular flexibility index (Phi) is 6.53. The number of halogens is 1. The van der Waals surface area contributed by atoms with Crippen molar-refractivity contribution in [1.82, 2.24) is 14.8 Å². The van der Waals surface area contributed by atoms with E-state index in [1.807, 2.05) is 41.3 Å². The number of pyridine rings is 1. The van der Waals surface area contributed by atoms with E-state index in [-0.39, 0.29) is 11.7 Å². The lowest BCUT2D eigenvalue weighted by molar-refractivity contribution is 0.0768. The first-order valence-corrected chi connectivity index (χ1v) is 12.0. The Bertz CT molecular complexity index is 1120.